The molecule has 0 saturated heterocycles. The minimum atomic E-state index is -0.133. The average Bonchev–Trinajstić information content (AvgIpc) is 3.21. The Balaban J connectivity index is 1.75. The lowest BCUT2D eigenvalue weighted by Crippen LogP contribution is -2.29. The Hall–Kier alpha value is -2.95. The number of carbonyl (C=O) groups is 1. The standard InChI is InChI=1S/C21H23N3O2/c1-14(2)18-11-12-19(23-22-18)16-7-9-17(10-8-16)21(25)24(4)15(3)20-6-5-13-26-20/h5-15H,1-4H3/t15-/m1/s1. The molecule has 0 aliphatic heterocycles. The van der Waals surface area contributed by atoms with Crippen molar-refractivity contribution in [3.05, 3.63) is 71.8 Å². The van der Waals surface area contributed by atoms with E-state index in [-0.39, 0.29) is 11.9 Å². The third-order valence-electron chi connectivity index (χ3n) is 4.56. The maximum atomic E-state index is 12.7. The van der Waals surface area contributed by atoms with Crippen molar-refractivity contribution in [3.8, 4) is 11.3 Å². The predicted octanol–water partition coefficient (Wildman–Crippen LogP) is 4.69. The Kier molecular flexibility index (Phi) is 5.16. The van der Waals surface area contributed by atoms with Gasteiger partial charge < -0.3 is 9.32 Å². The van der Waals surface area contributed by atoms with Crippen LogP contribution in [0.2, 0.25) is 0 Å². The van der Waals surface area contributed by atoms with Crippen LogP contribution in [0.4, 0.5) is 0 Å². The molecule has 0 bridgehead atoms. The molecule has 0 N–H and O–H groups in total. The van der Waals surface area contributed by atoms with E-state index in [2.05, 4.69) is 24.0 Å². The highest BCUT2D eigenvalue weighted by Crippen LogP contribution is 2.23. The van der Waals surface area contributed by atoms with E-state index >= 15 is 0 Å². The van der Waals surface area contributed by atoms with Crippen molar-refractivity contribution in [1.29, 1.82) is 0 Å². The normalized spacial score (nSPS) is 12.2. The van der Waals surface area contributed by atoms with Crippen molar-refractivity contribution in [2.24, 2.45) is 0 Å². The third kappa shape index (κ3) is 3.67. The zero-order valence-electron chi connectivity index (χ0n) is 15.5. The smallest absolute Gasteiger partial charge is 0.254 e. The van der Waals surface area contributed by atoms with Crippen LogP contribution < -0.4 is 0 Å². The van der Waals surface area contributed by atoms with Crippen LogP contribution in [-0.2, 0) is 0 Å². The number of aromatic nitrogens is 2. The van der Waals surface area contributed by atoms with E-state index in [1.54, 1.807) is 18.2 Å². The molecule has 5 nitrogen and oxygen atoms in total. The van der Waals surface area contributed by atoms with E-state index in [4.69, 9.17) is 4.42 Å². The van der Waals surface area contributed by atoms with Gasteiger partial charge >= 0.3 is 0 Å². The maximum absolute atomic E-state index is 12.7. The minimum Gasteiger partial charge on any atom is -0.467 e. The first kappa shape index (κ1) is 17.9. The molecule has 1 atom stereocenters. The predicted molar refractivity (Wildman–Crippen MR) is 101 cm³/mol. The molecule has 0 aliphatic carbocycles. The van der Waals surface area contributed by atoms with Crippen molar-refractivity contribution in [1.82, 2.24) is 15.1 Å². The second-order valence-corrected chi connectivity index (χ2v) is 6.68. The Bertz CT molecular complexity index is 853. The zero-order valence-corrected chi connectivity index (χ0v) is 15.5. The van der Waals surface area contributed by atoms with E-state index in [1.807, 2.05) is 55.5 Å². The molecule has 2 heterocycles. The van der Waals surface area contributed by atoms with E-state index < -0.39 is 0 Å². The number of nitrogens with zero attached hydrogens (tertiary/aromatic N) is 3. The second-order valence-electron chi connectivity index (χ2n) is 6.68. The molecule has 26 heavy (non-hydrogen) atoms. The summed E-state index contributed by atoms with van der Waals surface area (Å²) in [7, 11) is 1.78. The van der Waals surface area contributed by atoms with Gasteiger partial charge in [0.1, 0.15) is 5.76 Å². The van der Waals surface area contributed by atoms with Gasteiger partial charge in [0.2, 0.25) is 0 Å². The van der Waals surface area contributed by atoms with Crippen molar-refractivity contribution in [2.75, 3.05) is 7.05 Å². The Morgan fingerprint density at radius 3 is 2.27 bits per heavy atom. The molecule has 0 aliphatic rings. The summed E-state index contributed by atoms with van der Waals surface area (Å²) < 4.78 is 5.40. The van der Waals surface area contributed by atoms with Crippen LogP contribution in [0.3, 0.4) is 0 Å². The fourth-order valence-electron chi connectivity index (χ4n) is 2.69. The third-order valence-corrected chi connectivity index (χ3v) is 4.56. The molecule has 3 aromatic rings. The summed E-state index contributed by atoms with van der Waals surface area (Å²) in [5, 5.41) is 8.54. The average molecular weight is 349 g/mol. The zero-order chi connectivity index (χ0) is 18.7. The summed E-state index contributed by atoms with van der Waals surface area (Å²) in [4.78, 5) is 14.4. The summed E-state index contributed by atoms with van der Waals surface area (Å²) >= 11 is 0. The fraction of sp³-hybridized carbons (Fsp3) is 0.286. The number of furan rings is 1. The van der Waals surface area contributed by atoms with Crippen LogP contribution in [-0.4, -0.2) is 28.1 Å². The first-order valence-electron chi connectivity index (χ1n) is 8.72. The van der Waals surface area contributed by atoms with Crippen LogP contribution in [0.25, 0.3) is 11.3 Å². The summed E-state index contributed by atoms with van der Waals surface area (Å²) in [6, 6.07) is 15.0. The SMILES string of the molecule is CC(C)c1ccc(-c2ccc(C(=O)N(C)[C@H](C)c3ccco3)cc2)nn1. The second kappa shape index (κ2) is 7.52. The molecular formula is C21H23N3O2. The number of amides is 1. The highest BCUT2D eigenvalue weighted by atomic mass is 16.3. The van der Waals surface area contributed by atoms with Gasteiger partial charge in [-0.3, -0.25) is 4.79 Å². The van der Waals surface area contributed by atoms with Crippen LogP contribution in [0.5, 0.6) is 0 Å². The molecule has 0 fully saturated rings. The number of rotatable bonds is 5. The molecular weight excluding hydrogens is 326 g/mol. The number of benzene rings is 1. The topological polar surface area (TPSA) is 59.2 Å². The lowest BCUT2D eigenvalue weighted by molar-refractivity contribution is 0.0726. The molecule has 134 valence electrons. The molecule has 0 saturated carbocycles. The van der Waals surface area contributed by atoms with Gasteiger partial charge in [-0.15, -0.1) is 0 Å². The largest absolute Gasteiger partial charge is 0.467 e. The van der Waals surface area contributed by atoms with Gasteiger partial charge in [-0.2, -0.15) is 10.2 Å². The van der Waals surface area contributed by atoms with Crippen LogP contribution in [0.1, 0.15) is 54.5 Å². The first-order chi connectivity index (χ1) is 12.5. The summed E-state index contributed by atoms with van der Waals surface area (Å²) in [5.41, 5.74) is 3.33. The van der Waals surface area contributed by atoms with Gasteiger partial charge in [-0.1, -0.05) is 26.0 Å². The van der Waals surface area contributed by atoms with Crippen molar-refractivity contribution in [3.63, 3.8) is 0 Å². The van der Waals surface area contributed by atoms with E-state index in [1.165, 1.54) is 0 Å². The van der Waals surface area contributed by atoms with Crippen molar-refractivity contribution >= 4 is 5.91 Å². The van der Waals surface area contributed by atoms with Crippen molar-refractivity contribution in [2.45, 2.75) is 32.7 Å². The molecule has 0 spiro atoms. The summed E-state index contributed by atoms with van der Waals surface area (Å²) in [6.45, 7) is 6.12. The monoisotopic (exact) mass is 349 g/mol. The first-order valence-corrected chi connectivity index (χ1v) is 8.72. The van der Waals surface area contributed by atoms with Crippen LogP contribution in [0.15, 0.2) is 59.2 Å². The highest BCUT2D eigenvalue weighted by molar-refractivity contribution is 5.94. The maximum Gasteiger partial charge on any atom is 0.254 e. The summed E-state index contributed by atoms with van der Waals surface area (Å²) in [5.74, 6) is 1.06. The number of carbonyl (C=O) groups excluding carboxylic acids is 1. The highest BCUT2D eigenvalue weighted by Gasteiger charge is 2.20. The van der Waals surface area contributed by atoms with Crippen LogP contribution in [0, 0.1) is 0 Å². The Morgan fingerprint density at radius 2 is 1.73 bits per heavy atom. The van der Waals surface area contributed by atoms with Gasteiger partial charge in [-0.05, 0) is 49.2 Å². The fourth-order valence-corrected chi connectivity index (χ4v) is 2.69. The lowest BCUT2D eigenvalue weighted by atomic mass is 10.1. The molecule has 5 heteroatoms. The molecule has 1 amide bonds. The molecule has 1 aromatic carbocycles. The van der Waals surface area contributed by atoms with E-state index in [0.717, 1.165) is 22.7 Å². The van der Waals surface area contributed by atoms with Gasteiger partial charge in [0, 0.05) is 18.2 Å². The Labute approximate surface area is 153 Å². The van der Waals surface area contributed by atoms with E-state index in [0.29, 0.717) is 11.5 Å². The van der Waals surface area contributed by atoms with Gasteiger partial charge in [0.05, 0.1) is 23.7 Å². The molecule has 3 rings (SSSR count). The number of hydrogen-bond acceptors (Lipinski definition) is 4. The van der Waals surface area contributed by atoms with Gasteiger partial charge in [0.15, 0.2) is 0 Å². The molecule has 2 aromatic heterocycles. The molecule has 0 unspecified atom stereocenters. The Morgan fingerprint density at radius 1 is 1.00 bits per heavy atom. The van der Waals surface area contributed by atoms with Gasteiger partial charge in [-0.25, -0.2) is 0 Å². The van der Waals surface area contributed by atoms with Crippen molar-refractivity contribution < 1.29 is 9.21 Å². The quantitative estimate of drug-likeness (QED) is 0.670. The minimum absolute atomic E-state index is 0.0540. The summed E-state index contributed by atoms with van der Waals surface area (Å²) in [6.07, 6.45) is 1.62. The van der Waals surface area contributed by atoms with E-state index in [9.17, 15) is 4.79 Å². The molecule has 0 radical (unpaired) electrons. The van der Waals surface area contributed by atoms with Gasteiger partial charge in [0.25, 0.3) is 5.91 Å². The van der Waals surface area contributed by atoms with Crippen LogP contribution >= 0.6 is 0 Å². The number of hydrogen-bond donors (Lipinski definition) is 0. The lowest BCUT2D eigenvalue weighted by Gasteiger charge is -2.23.